The SMILES string of the molecule is CC1(C)C2CC1[C@H](COS(C)(=O)=O)[C@H](P(c1ccccc1)c1ccccc1)C2. The van der Waals surface area contributed by atoms with Gasteiger partial charge in [0, 0.05) is 0 Å². The van der Waals surface area contributed by atoms with Crippen LogP contribution in [0.15, 0.2) is 60.7 Å². The van der Waals surface area contributed by atoms with E-state index in [-0.39, 0.29) is 11.3 Å². The van der Waals surface area contributed by atoms with E-state index in [2.05, 4.69) is 74.5 Å². The van der Waals surface area contributed by atoms with Crippen molar-refractivity contribution in [1.82, 2.24) is 0 Å². The molecule has 3 nitrogen and oxygen atoms in total. The highest BCUT2D eigenvalue weighted by molar-refractivity contribution is 7.86. The molecule has 3 aliphatic carbocycles. The fourth-order valence-electron chi connectivity index (χ4n) is 5.35. The molecule has 0 aliphatic heterocycles. The van der Waals surface area contributed by atoms with Crippen LogP contribution in [0.25, 0.3) is 0 Å². The number of fused-ring (bicyclic) bond motifs is 2. The smallest absolute Gasteiger partial charge is 0.264 e. The molecule has 0 N–H and O–H groups in total. The molecule has 0 aromatic heterocycles. The summed E-state index contributed by atoms with van der Waals surface area (Å²) in [5.41, 5.74) is 0.717. The minimum atomic E-state index is -3.44. The summed E-state index contributed by atoms with van der Waals surface area (Å²) in [4.78, 5) is 0. The van der Waals surface area contributed by atoms with Gasteiger partial charge in [0.25, 0.3) is 10.1 Å². The molecule has 0 saturated heterocycles. The average molecular weight is 417 g/mol. The Morgan fingerprint density at radius 2 is 1.50 bits per heavy atom. The lowest BCUT2D eigenvalue weighted by molar-refractivity contribution is -0.110. The van der Waals surface area contributed by atoms with E-state index in [1.807, 2.05) is 0 Å². The van der Waals surface area contributed by atoms with Crippen molar-refractivity contribution < 1.29 is 12.6 Å². The molecule has 3 aliphatic rings. The van der Waals surface area contributed by atoms with Crippen molar-refractivity contribution in [3.63, 3.8) is 0 Å². The number of benzene rings is 2. The average Bonchev–Trinajstić information content (AvgIpc) is 2.68. The van der Waals surface area contributed by atoms with Crippen LogP contribution in [-0.2, 0) is 14.3 Å². The maximum atomic E-state index is 11.8. The van der Waals surface area contributed by atoms with E-state index in [1.54, 1.807) is 0 Å². The number of rotatable bonds is 6. The van der Waals surface area contributed by atoms with Gasteiger partial charge in [0.05, 0.1) is 12.9 Å². The Bertz CT molecular complexity index is 872. The number of hydrogen-bond acceptors (Lipinski definition) is 3. The molecule has 3 saturated carbocycles. The van der Waals surface area contributed by atoms with Crippen LogP contribution in [0.1, 0.15) is 26.7 Å². The first-order valence-corrected chi connectivity index (χ1v) is 13.2. The Balaban J connectivity index is 1.73. The van der Waals surface area contributed by atoms with Gasteiger partial charge in [0.15, 0.2) is 0 Å². The van der Waals surface area contributed by atoms with Crippen LogP contribution in [0.2, 0.25) is 0 Å². The van der Waals surface area contributed by atoms with Crippen molar-refractivity contribution in [1.29, 1.82) is 0 Å². The molecule has 4 atom stereocenters. The normalized spacial score (nSPS) is 28.7. The van der Waals surface area contributed by atoms with Crippen molar-refractivity contribution >= 4 is 28.6 Å². The number of hydrogen-bond donors (Lipinski definition) is 0. The van der Waals surface area contributed by atoms with Gasteiger partial charge >= 0.3 is 0 Å². The Morgan fingerprint density at radius 1 is 0.964 bits per heavy atom. The van der Waals surface area contributed by atoms with Crippen LogP contribution in [-0.4, -0.2) is 26.9 Å². The highest BCUT2D eigenvalue weighted by atomic mass is 32.2. The van der Waals surface area contributed by atoms with Gasteiger partial charge in [-0.3, -0.25) is 4.18 Å². The minimum absolute atomic E-state index is 0.265. The summed E-state index contributed by atoms with van der Waals surface area (Å²) < 4.78 is 28.9. The Morgan fingerprint density at radius 3 is 1.96 bits per heavy atom. The summed E-state index contributed by atoms with van der Waals surface area (Å²) in [5, 5.41) is 2.74. The Kier molecular flexibility index (Phi) is 5.41. The molecular formula is C23H29O3PS. The summed E-state index contributed by atoms with van der Waals surface area (Å²) in [7, 11) is -4.01. The second-order valence-electron chi connectivity index (χ2n) is 8.86. The van der Waals surface area contributed by atoms with E-state index < -0.39 is 18.0 Å². The van der Waals surface area contributed by atoms with Gasteiger partial charge in [-0.05, 0) is 60.2 Å². The van der Waals surface area contributed by atoms with E-state index in [4.69, 9.17) is 4.18 Å². The lowest BCUT2D eigenvalue weighted by Crippen LogP contribution is -2.59. The van der Waals surface area contributed by atoms with Gasteiger partial charge < -0.3 is 0 Å². The third-order valence-corrected chi connectivity index (χ3v) is 10.5. The fourth-order valence-corrected chi connectivity index (χ4v) is 8.95. The predicted molar refractivity (Wildman–Crippen MR) is 117 cm³/mol. The van der Waals surface area contributed by atoms with Crippen molar-refractivity contribution in [2.75, 3.05) is 12.9 Å². The zero-order valence-electron chi connectivity index (χ0n) is 16.8. The molecule has 0 spiro atoms. The molecule has 0 amide bonds. The van der Waals surface area contributed by atoms with Gasteiger partial charge in [-0.2, -0.15) is 8.42 Å². The highest BCUT2D eigenvalue weighted by Crippen LogP contribution is 2.66. The van der Waals surface area contributed by atoms with Crippen molar-refractivity contribution in [3.8, 4) is 0 Å². The molecule has 5 rings (SSSR count). The molecule has 2 aromatic rings. The molecule has 0 radical (unpaired) electrons. The van der Waals surface area contributed by atoms with Crippen LogP contribution in [0.4, 0.5) is 0 Å². The third kappa shape index (κ3) is 3.79. The van der Waals surface area contributed by atoms with Crippen molar-refractivity contribution in [2.45, 2.75) is 32.3 Å². The van der Waals surface area contributed by atoms with Crippen molar-refractivity contribution in [3.05, 3.63) is 60.7 Å². The monoisotopic (exact) mass is 416 g/mol. The summed E-state index contributed by atoms with van der Waals surface area (Å²) in [5.74, 6) is 1.51. The standard InChI is InChI=1S/C23H29O3PS/c1-23(2)17-14-21(23)20(16-26-28(3,24)25)22(15-17)27(18-10-6-4-7-11-18)19-12-8-5-9-13-19/h4-13,17,20-22H,14-16H2,1-3H3/t17?,20-,21?,22+/m0/s1. The molecule has 2 aromatic carbocycles. The van der Waals surface area contributed by atoms with Gasteiger partial charge in [-0.15, -0.1) is 0 Å². The van der Waals surface area contributed by atoms with E-state index in [9.17, 15) is 8.42 Å². The van der Waals surface area contributed by atoms with Crippen LogP contribution in [0.3, 0.4) is 0 Å². The van der Waals surface area contributed by atoms with Crippen LogP contribution in [0, 0.1) is 23.2 Å². The second kappa shape index (κ2) is 7.55. The summed E-state index contributed by atoms with van der Waals surface area (Å²) in [6, 6.07) is 21.5. The van der Waals surface area contributed by atoms with E-state index in [0.717, 1.165) is 18.6 Å². The first-order valence-electron chi connectivity index (χ1n) is 10.0. The summed E-state index contributed by atoms with van der Waals surface area (Å²) in [6.07, 6.45) is 3.52. The molecule has 2 bridgehead atoms. The molecule has 2 unspecified atom stereocenters. The first kappa shape index (κ1) is 20.1. The van der Waals surface area contributed by atoms with Crippen LogP contribution < -0.4 is 10.6 Å². The topological polar surface area (TPSA) is 43.4 Å². The molecule has 5 heteroatoms. The molecule has 28 heavy (non-hydrogen) atoms. The van der Waals surface area contributed by atoms with E-state index >= 15 is 0 Å². The van der Waals surface area contributed by atoms with Crippen LogP contribution >= 0.6 is 7.92 Å². The second-order valence-corrected chi connectivity index (χ2v) is 12.9. The molecular weight excluding hydrogens is 387 g/mol. The maximum absolute atomic E-state index is 11.8. The molecule has 0 heterocycles. The summed E-state index contributed by atoms with van der Waals surface area (Å²) >= 11 is 0. The zero-order valence-corrected chi connectivity index (χ0v) is 18.5. The van der Waals surface area contributed by atoms with E-state index in [1.165, 1.54) is 17.0 Å². The Hall–Kier alpha value is -1.22. The minimum Gasteiger partial charge on any atom is -0.270 e. The Labute approximate surface area is 170 Å². The largest absolute Gasteiger partial charge is 0.270 e. The van der Waals surface area contributed by atoms with Crippen LogP contribution in [0.5, 0.6) is 0 Å². The maximum Gasteiger partial charge on any atom is 0.264 e. The lowest BCUT2D eigenvalue weighted by atomic mass is 9.45. The molecule has 3 fully saturated rings. The summed E-state index contributed by atoms with van der Waals surface area (Å²) in [6.45, 7) is 5.01. The van der Waals surface area contributed by atoms with E-state index in [0.29, 0.717) is 18.2 Å². The third-order valence-electron chi connectivity index (χ3n) is 6.96. The first-order chi connectivity index (χ1) is 13.3. The van der Waals surface area contributed by atoms with Gasteiger partial charge in [-0.1, -0.05) is 74.5 Å². The quantitative estimate of drug-likeness (QED) is 0.525. The van der Waals surface area contributed by atoms with Crippen molar-refractivity contribution in [2.24, 2.45) is 23.2 Å². The van der Waals surface area contributed by atoms with Gasteiger partial charge in [0.2, 0.25) is 0 Å². The molecule has 150 valence electrons. The predicted octanol–water partition coefficient (Wildman–Crippen LogP) is 4.15. The zero-order chi connectivity index (χ0) is 19.9. The highest BCUT2D eigenvalue weighted by Gasteiger charge is 2.59. The lowest BCUT2D eigenvalue weighted by Gasteiger charge is -2.63. The van der Waals surface area contributed by atoms with Gasteiger partial charge in [-0.25, -0.2) is 0 Å². The van der Waals surface area contributed by atoms with Gasteiger partial charge in [0.1, 0.15) is 0 Å². The fraction of sp³-hybridized carbons (Fsp3) is 0.478.